The van der Waals surface area contributed by atoms with Crippen LogP contribution in [-0.4, -0.2) is 43.9 Å². The van der Waals surface area contributed by atoms with E-state index in [4.69, 9.17) is 4.74 Å². The number of carbonyl (C=O) groups is 2. The number of thioether (sulfide) groups is 1. The van der Waals surface area contributed by atoms with Gasteiger partial charge in [0, 0.05) is 23.5 Å². The highest BCUT2D eigenvalue weighted by Gasteiger charge is 2.19. The van der Waals surface area contributed by atoms with Crippen molar-refractivity contribution in [2.75, 3.05) is 7.11 Å². The summed E-state index contributed by atoms with van der Waals surface area (Å²) in [6.07, 6.45) is 2.30. The Bertz CT molecular complexity index is 1180. The lowest BCUT2D eigenvalue weighted by molar-refractivity contribution is -0.131. The van der Waals surface area contributed by atoms with Crippen molar-refractivity contribution in [3.8, 4) is 5.69 Å². The molecule has 0 spiro atoms. The lowest BCUT2D eigenvalue weighted by Crippen LogP contribution is -2.08. The molecule has 0 amide bonds. The molecule has 0 radical (unpaired) electrons. The van der Waals surface area contributed by atoms with Gasteiger partial charge in [0.05, 0.1) is 12.7 Å². The highest BCUT2D eigenvalue weighted by molar-refractivity contribution is 8.04. The Hall–Kier alpha value is -3.33. The van der Waals surface area contributed by atoms with Crippen LogP contribution in [0.3, 0.4) is 0 Å². The number of aromatic nitrogens is 4. The minimum Gasteiger partial charge on any atom is -0.477 e. The normalized spacial score (nSPS) is 11.6. The van der Waals surface area contributed by atoms with Crippen LogP contribution in [0.15, 0.2) is 34.3 Å². The highest BCUT2D eigenvalue weighted by atomic mass is 32.2. The molecule has 0 aliphatic heterocycles. The fourth-order valence-corrected chi connectivity index (χ4v) is 4.07. The van der Waals surface area contributed by atoms with E-state index in [1.807, 2.05) is 44.4 Å². The molecule has 0 atom stereocenters. The molecule has 162 valence electrons. The number of carbonyl (C=O) groups excluding carboxylic acids is 1. The number of carboxylic acid groups (broad SMARTS) is 1. The number of aryl methyl sites for hydroxylation is 2. The predicted molar refractivity (Wildman–Crippen MR) is 119 cm³/mol. The third-order valence-electron chi connectivity index (χ3n) is 4.97. The summed E-state index contributed by atoms with van der Waals surface area (Å²) < 4.78 is 6.88. The van der Waals surface area contributed by atoms with Crippen molar-refractivity contribution in [1.82, 2.24) is 19.7 Å². The number of nitrogens with one attached hydrogen (secondary N) is 1. The van der Waals surface area contributed by atoms with Gasteiger partial charge in [0.25, 0.3) is 0 Å². The van der Waals surface area contributed by atoms with Crippen LogP contribution in [-0.2, 0) is 16.0 Å². The number of benzene rings is 1. The fraction of sp³-hybridized carbons (Fsp3) is 0.273. The monoisotopic (exact) mass is 440 g/mol. The first-order valence-electron chi connectivity index (χ1n) is 9.68. The topological polar surface area (TPSA) is 110 Å². The number of ether oxygens (including phenoxy) is 1. The minimum atomic E-state index is -1.05. The van der Waals surface area contributed by atoms with Crippen molar-refractivity contribution in [1.29, 1.82) is 0 Å². The maximum absolute atomic E-state index is 12.1. The molecular formula is C22H24N4O4S. The number of hydrogen-bond donors (Lipinski definition) is 2. The van der Waals surface area contributed by atoms with Gasteiger partial charge >= 0.3 is 11.9 Å². The SMILES string of the molecule is CCc1nc(S/C(=C/c2cc(C)n(-c3cccc(C(=O)OC)c3C)c2C)C(=O)O)n[nH]1. The zero-order valence-corrected chi connectivity index (χ0v) is 18.8. The van der Waals surface area contributed by atoms with E-state index < -0.39 is 11.9 Å². The van der Waals surface area contributed by atoms with E-state index in [0.717, 1.165) is 40.0 Å². The summed E-state index contributed by atoms with van der Waals surface area (Å²) in [6, 6.07) is 7.36. The van der Waals surface area contributed by atoms with Crippen molar-refractivity contribution < 1.29 is 19.4 Å². The predicted octanol–water partition coefficient (Wildman–Crippen LogP) is 4.09. The van der Waals surface area contributed by atoms with Gasteiger partial charge in [0.15, 0.2) is 0 Å². The number of hydrogen-bond acceptors (Lipinski definition) is 6. The van der Waals surface area contributed by atoms with Crippen LogP contribution in [0.25, 0.3) is 11.8 Å². The Morgan fingerprint density at radius 2 is 2.03 bits per heavy atom. The Morgan fingerprint density at radius 1 is 1.29 bits per heavy atom. The maximum atomic E-state index is 12.1. The second-order valence-electron chi connectivity index (χ2n) is 6.94. The Morgan fingerprint density at radius 3 is 2.65 bits per heavy atom. The quantitative estimate of drug-likeness (QED) is 0.323. The largest absolute Gasteiger partial charge is 0.477 e. The average Bonchev–Trinajstić information content (AvgIpc) is 3.31. The molecule has 2 N–H and O–H groups in total. The molecule has 0 saturated heterocycles. The molecule has 9 heteroatoms. The number of carboxylic acids is 1. The highest BCUT2D eigenvalue weighted by Crippen LogP contribution is 2.30. The third-order valence-corrected chi connectivity index (χ3v) is 5.84. The lowest BCUT2D eigenvalue weighted by atomic mass is 10.1. The second-order valence-corrected chi connectivity index (χ2v) is 7.95. The van der Waals surface area contributed by atoms with Gasteiger partial charge in [-0.1, -0.05) is 13.0 Å². The average molecular weight is 441 g/mol. The van der Waals surface area contributed by atoms with Crippen LogP contribution in [0.2, 0.25) is 0 Å². The maximum Gasteiger partial charge on any atom is 0.342 e. The number of H-pyrrole nitrogens is 1. The lowest BCUT2D eigenvalue weighted by Gasteiger charge is -2.15. The first-order chi connectivity index (χ1) is 14.8. The van der Waals surface area contributed by atoms with Crippen LogP contribution in [0, 0.1) is 20.8 Å². The summed E-state index contributed by atoms with van der Waals surface area (Å²) in [6.45, 7) is 7.65. The summed E-state index contributed by atoms with van der Waals surface area (Å²) in [4.78, 5) is 28.3. The molecule has 0 saturated carbocycles. The van der Waals surface area contributed by atoms with Crippen molar-refractivity contribution in [2.45, 2.75) is 39.3 Å². The van der Waals surface area contributed by atoms with Gasteiger partial charge in [-0.25, -0.2) is 14.6 Å². The van der Waals surface area contributed by atoms with E-state index in [9.17, 15) is 14.7 Å². The van der Waals surface area contributed by atoms with Gasteiger partial charge in [-0.05, 0) is 67.9 Å². The summed E-state index contributed by atoms with van der Waals surface area (Å²) in [5.74, 6) is -0.752. The zero-order valence-electron chi connectivity index (χ0n) is 18.0. The smallest absolute Gasteiger partial charge is 0.342 e. The van der Waals surface area contributed by atoms with E-state index >= 15 is 0 Å². The molecular weight excluding hydrogens is 416 g/mol. The van der Waals surface area contributed by atoms with E-state index in [1.54, 1.807) is 18.2 Å². The van der Waals surface area contributed by atoms with Crippen molar-refractivity contribution in [3.63, 3.8) is 0 Å². The van der Waals surface area contributed by atoms with Gasteiger partial charge in [0.2, 0.25) is 5.16 Å². The molecule has 0 fully saturated rings. The van der Waals surface area contributed by atoms with Crippen LogP contribution in [0.5, 0.6) is 0 Å². The number of esters is 1. The van der Waals surface area contributed by atoms with Gasteiger partial charge in [-0.15, -0.1) is 5.10 Å². The molecule has 0 bridgehead atoms. The summed E-state index contributed by atoms with van der Waals surface area (Å²) in [5, 5.41) is 16.9. The molecule has 1 aromatic carbocycles. The number of nitrogens with zero attached hydrogens (tertiary/aromatic N) is 3. The number of rotatable bonds is 7. The van der Waals surface area contributed by atoms with Gasteiger partial charge in [-0.3, -0.25) is 5.10 Å². The van der Waals surface area contributed by atoms with E-state index in [1.165, 1.54) is 7.11 Å². The molecule has 0 unspecified atom stereocenters. The Kier molecular flexibility index (Phi) is 6.65. The molecule has 31 heavy (non-hydrogen) atoms. The van der Waals surface area contributed by atoms with Gasteiger partial charge in [-0.2, -0.15) is 0 Å². The third kappa shape index (κ3) is 4.56. The Balaban J connectivity index is 2.04. The van der Waals surface area contributed by atoms with E-state index in [-0.39, 0.29) is 4.91 Å². The molecule has 3 aromatic rings. The van der Waals surface area contributed by atoms with Gasteiger partial charge in [0.1, 0.15) is 10.7 Å². The summed E-state index contributed by atoms with van der Waals surface area (Å²) in [7, 11) is 1.35. The molecule has 2 aromatic heterocycles. The number of aromatic amines is 1. The first kappa shape index (κ1) is 22.4. The number of methoxy groups -OCH3 is 1. The van der Waals surface area contributed by atoms with E-state index in [2.05, 4.69) is 15.2 Å². The molecule has 8 nitrogen and oxygen atoms in total. The standard InChI is InChI=1S/C22H24N4O4S/c1-6-19-23-22(25-24-19)31-18(20(27)28)11-15-10-12(2)26(14(15)4)17-9-7-8-16(13(17)3)21(29)30-5/h7-11H,6H2,1-5H3,(H,27,28)(H,23,24,25)/b18-11+. The van der Waals surface area contributed by atoms with Crippen LogP contribution < -0.4 is 0 Å². The molecule has 2 heterocycles. The number of aliphatic carboxylic acids is 1. The van der Waals surface area contributed by atoms with Crippen molar-refractivity contribution in [3.05, 3.63) is 63.1 Å². The van der Waals surface area contributed by atoms with Crippen LogP contribution in [0.1, 0.15) is 45.6 Å². The fourth-order valence-electron chi connectivity index (χ4n) is 3.36. The Labute approximate surface area is 184 Å². The minimum absolute atomic E-state index is 0.113. The molecule has 0 aliphatic carbocycles. The molecule has 0 aliphatic rings. The van der Waals surface area contributed by atoms with Gasteiger partial charge < -0.3 is 14.4 Å². The second kappa shape index (κ2) is 9.22. The molecule has 3 rings (SSSR count). The first-order valence-corrected chi connectivity index (χ1v) is 10.5. The van der Waals surface area contributed by atoms with E-state index in [0.29, 0.717) is 23.0 Å². The van der Waals surface area contributed by atoms with Crippen LogP contribution in [0.4, 0.5) is 0 Å². The summed E-state index contributed by atoms with van der Waals surface area (Å²) >= 11 is 0.998. The zero-order chi connectivity index (χ0) is 22.7. The van der Waals surface area contributed by atoms with Crippen molar-refractivity contribution >= 4 is 29.8 Å². The van der Waals surface area contributed by atoms with Crippen LogP contribution >= 0.6 is 11.8 Å². The summed E-state index contributed by atoms with van der Waals surface area (Å²) in [5.41, 5.74) is 4.64. The van der Waals surface area contributed by atoms with Crippen molar-refractivity contribution in [2.24, 2.45) is 0 Å².